The number of nitrogens with one attached hydrogen (secondary N) is 1. The zero-order valence-corrected chi connectivity index (χ0v) is 15.1. The lowest BCUT2D eigenvalue weighted by atomic mass is 10.1. The molecule has 2 heterocycles. The van der Waals surface area contributed by atoms with Gasteiger partial charge in [-0.2, -0.15) is 5.10 Å². The second-order valence-electron chi connectivity index (χ2n) is 6.06. The van der Waals surface area contributed by atoms with E-state index in [1.165, 1.54) is 5.56 Å². The van der Waals surface area contributed by atoms with Gasteiger partial charge in [-0.1, -0.05) is 0 Å². The molecule has 0 atom stereocenters. The van der Waals surface area contributed by atoms with Gasteiger partial charge in [-0.15, -0.1) is 0 Å². The lowest BCUT2D eigenvalue weighted by Crippen LogP contribution is -2.04. The van der Waals surface area contributed by atoms with Crippen LogP contribution >= 0.6 is 0 Å². The summed E-state index contributed by atoms with van der Waals surface area (Å²) in [7, 11) is 4.97. The number of ether oxygens (including phenoxy) is 3. The monoisotopic (exact) mass is 351 g/mol. The van der Waals surface area contributed by atoms with Crippen molar-refractivity contribution in [3.8, 4) is 34.2 Å². The largest absolute Gasteiger partial charge is 0.497 e. The molecule has 0 amide bonds. The van der Waals surface area contributed by atoms with Crippen molar-refractivity contribution in [2.24, 2.45) is 0 Å². The van der Waals surface area contributed by atoms with Gasteiger partial charge in [-0.05, 0) is 42.8 Å². The summed E-state index contributed by atoms with van der Waals surface area (Å²) in [5.74, 6) is 3.35. The molecule has 0 unspecified atom stereocenters. The predicted octanol–water partition coefficient (Wildman–Crippen LogP) is 3.53. The van der Waals surface area contributed by atoms with E-state index in [9.17, 15) is 0 Å². The molecule has 2 aromatic carbocycles. The average Bonchev–Trinajstić information content (AvgIpc) is 3.30. The van der Waals surface area contributed by atoms with Crippen LogP contribution in [0, 0.1) is 0 Å². The van der Waals surface area contributed by atoms with E-state index in [1.807, 2.05) is 47.1 Å². The number of anilines is 1. The van der Waals surface area contributed by atoms with Gasteiger partial charge in [-0.3, -0.25) is 0 Å². The Kier molecular flexibility index (Phi) is 4.16. The fourth-order valence-corrected chi connectivity index (χ4v) is 3.26. The minimum atomic E-state index is 0.748. The summed E-state index contributed by atoms with van der Waals surface area (Å²) in [6.45, 7) is 0.900. The van der Waals surface area contributed by atoms with Gasteiger partial charge in [0, 0.05) is 23.7 Å². The van der Waals surface area contributed by atoms with Gasteiger partial charge in [0.05, 0.1) is 32.7 Å². The molecule has 0 bridgehead atoms. The van der Waals surface area contributed by atoms with Crippen molar-refractivity contribution in [1.82, 2.24) is 9.78 Å². The van der Waals surface area contributed by atoms with E-state index in [1.54, 1.807) is 21.3 Å². The highest BCUT2D eigenvalue weighted by molar-refractivity contribution is 5.74. The van der Waals surface area contributed by atoms with Crippen molar-refractivity contribution in [3.63, 3.8) is 0 Å². The zero-order valence-electron chi connectivity index (χ0n) is 15.1. The third kappa shape index (κ3) is 2.73. The molecule has 6 heteroatoms. The Morgan fingerprint density at radius 1 is 0.885 bits per heavy atom. The number of aromatic nitrogens is 2. The molecular weight excluding hydrogens is 330 g/mol. The van der Waals surface area contributed by atoms with Gasteiger partial charge >= 0.3 is 0 Å². The van der Waals surface area contributed by atoms with Crippen LogP contribution in [0.5, 0.6) is 17.2 Å². The molecule has 1 N–H and O–H groups in total. The minimum Gasteiger partial charge on any atom is -0.497 e. The highest BCUT2D eigenvalue weighted by Gasteiger charge is 2.24. The van der Waals surface area contributed by atoms with Crippen LogP contribution in [0.4, 0.5) is 5.82 Å². The molecule has 26 heavy (non-hydrogen) atoms. The van der Waals surface area contributed by atoms with Crippen LogP contribution in [-0.2, 0) is 6.42 Å². The SMILES string of the molecule is COc1ccc(-n2nc(-c3cc(OC)cc(OC)c3)c3c2NCC3)cc1. The lowest BCUT2D eigenvalue weighted by Gasteiger charge is -2.08. The minimum absolute atomic E-state index is 0.748. The van der Waals surface area contributed by atoms with E-state index in [-0.39, 0.29) is 0 Å². The first-order valence-electron chi connectivity index (χ1n) is 8.47. The quantitative estimate of drug-likeness (QED) is 0.762. The van der Waals surface area contributed by atoms with Gasteiger partial charge in [0.15, 0.2) is 0 Å². The Bertz CT molecular complexity index is 910. The van der Waals surface area contributed by atoms with Crippen LogP contribution in [0.15, 0.2) is 42.5 Å². The van der Waals surface area contributed by atoms with Gasteiger partial charge in [-0.25, -0.2) is 4.68 Å². The molecular formula is C20H21N3O3. The van der Waals surface area contributed by atoms with Crippen LogP contribution < -0.4 is 19.5 Å². The maximum Gasteiger partial charge on any atom is 0.133 e. The maximum absolute atomic E-state index is 5.41. The summed E-state index contributed by atoms with van der Waals surface area (Å²) in [5.41, 5.74) is 4.11. The van der Waals surface area contributed by atoms with Crippen molar-refractivity contribution in [2.45, 2.75) is 6.42 Å². The van der Waals surface area contributed by atoms with Gasteiger partial charge in [0.1, 0.15) is 23.1 Å². The first-order valence-corrected chi connectivity index (χ1v) is 8.47. The van der Waals surface area contributed by atoms with Gasteiger partial charge < -0.3 is 19.5 Å². The van der Waals surface area contributed by atoms with E-state index < -0.39 is 0 Å². The highest BCUT2D eigenvalue weighted by atomic mass is 16.5. The third-order valence-corrected chi connectivity index (χ3v) is 4.59. The molecule has 0 spiro atoms. The highest BCUT2D eigenvalue weighted by Crippen LogP contribution is 2.37. The Hall–Kier alpha value is -3.15. The first kappa shape index (κ1) is 16.3. The number of nitrogens with zero attached hydrogens (tertiary/aromatic N) is 2. The van der Waals surface area contributed by atoms with Crippen molar-refractivity contribution in [1.29, 1.82) is 0 Å². The van der Waals surface area contributed by atoms with Crippen LogP contribution in [-0.4, -0.2) is 37.7 Å². The maximum atomic E-state index is 5.41. The summed E-state index contributed by atoms with van der Waals surface area (Å²) < 4.78 is 18.0. The first-order chi connectivity index (χ1) is 12.7. The van der Waals surface area contributed by atoms with E-state index in [2.05, 4.69) is 5.32 Å². The second-order valence-corrected chi connectivity index (χ2v) is 6.06. The summed E-state index contributed by atoms with van der Waals surface area (Å²) >= 11 is 0. The standard InChI is InChI=1S/C20H21N3O3/c1-24-15-6-4-14(5-7-15)23-20-18(8-9-21-20)19(22-23)13-10-16(25-2)12-17(11-13)26-3/h4-7,10-12,21H,8-9H2,1-3H3. The van der Waals surface area contributed by atoms with Gasteiger partial charge in [0.25, 0.3) is 0 Å². The normalized spacial score (nSPS) is 12.4. The van der Waals surface area contributed by atoms with E-state index in [4.69, 9.17) is 19.3 Å². The zero-order chi connectivity index (χ0) is 18.1. The van der Waals surface area contributed by atoms with E-state index >= 15 is 0 Å². The fraction of sp³-hybridized carbons (Fsp3) is 0.250. The van der Waals surface area contributed by atoms with Crippen LogP contribution in [0.2, 0.25) is 0 Å². The number of hydrogen-bond acceptors (Lipinski definition) is 5. The van der Waals surface area contributed by atoms with Crippen molar-refractivity contribution in [3.05, 3.63) is 48.0 Å². The van der Waals surface area contributed by atoms with E-state index in [0.717, 1.165) is 53.0 Å². The molecule has 0 saturated heterocycles. The smallest absolute Gasteiger partial charge is 0.133 e. The number of benzene rings is 2. The van der Waals surface area contributed by atoms with Crippen molar-refractivity contribution < 1.29 is 14.2 Å². The van der Waals surface area contributed by atoms with Crippen molar-refractivity contribution >= 4 is 5.82 Å². The molecule has 0 aliphatic carbocycles. The number of hydrogen-bond donors (Lipinski definition) is 1. The van der Waals surface area contributed by atoms with Gasteiger partial charge in [0.2, 0.25) is 0 Å². The second kappa shape index (κ2) is 6.63. The fourth-order valence-electron chi connectivity index (χ4n) is 3.26. The number of rotatable bonds is 5. The molecule has 0 radical (unpaired) electrons. The molecule has 3 aromatic rings. The molecule has 134 valence electrons. The number of fused-ring (bicyclic) bond motifs is 1. The lowest BCUT2D eigenvalue weighted by molar-refractivity contribution is 0.394. The summed E-state index contributed by atoms with van der Waals surface area (Å²) in [4.78, 5) is 0. The van der Waals surface area contributed by atoms with Crippen LogP contribution in [0.25, 0.3) is 16.9 Å². The molecule has 1 aromatic heterocycles. The molecule has 0 fully saturated rings. The van der Waals surface area contributed by atoms with Crippen LogP contribution in [0.1, 0.15) is 5.56 Å². The topological polar surface area (TPSA) is 57.5 Å². The molecule has 1 aliphatic heterocycles. The average molecular weight is 351 g/mol. The predicted molar refractivity (Wildman–Crippen MR) is 101 cm³/mol. The Morgan fingerprint density at radius 2 is 1.54 bits per heavy atom. The Morgan fingerprint density at radius 3 is 2.15 bits per heavy atom. The van der Waals surface area contributed by atoms with E-state index in [0.29, 0.717) is 0 Å². The summed E-state index contributed by atoms with van der Waals surface area (Å²) in [6, 6.07) is 13.7. The van der Waals surface area contributed by atoms with Crippen LogP contribution in [0.3, 0.4) is 0 Å². The number of methoxy groups -OCH3 is 3. The Balaban J connectivity index is 1.83. The summed E-state index contributed by atoms with van der Waals surface area (Å²) in [5, 5.41) is 8.33. The van der Waals surface area contributed by atoms with Crippen molar-refractivity contribution in [2.75, 3.05) is 33.2 Å². The molecule has 0 saturated carbocycles. The molecule has 1 aliphatic rings. The molecule has 6 nitrogen and oxygen atoms in total. The summed E-state index contributed by atoms with van der Waals surface area (Å²) in [6.07, 6.45) is 0.931. The third-order valence-electron chi connectivity index (χ3n) is 4.59. The Labute approximate surface area is 152 Å². The molecule has 4 rings (SSSR count).